The smallest absolute Gasteiger partial charge is 0.248 e. The fourth-order valence-corrected chi connectivity index (χ4v) is 2.60. The Kier molecular flexibility index (Phi) is 4.88. The molecule has 0 atom stereocenters. The Morgan fingerprint density at radius 1 is 1.38 bits per heavy atom. The lowest BCUT2D eigenvalue weighted by molar-refractivity contribution is -0.129. The van der Waals surface area contributed by atoms with Crippen LogP contribution in [0.3, 0.4) is 0 Å². The number of nitrogens with one attached hydrogen (secondary N) is 1. The molecule has 3 nitrogen and oxygen atoms in total. The van der Waals surface area contributed by atoms with E-state index in [0.717, 1.165) is 11.1 Å². The fraction of sp³-hybridized carbons (Fsp3) is 0.467. The van der Waals surface area contributed by atoms with Crippen molar-refractivity contribution in [1.29, 1.82) is 0 Å². The van der Waals surface area contributed by atoms with Crippen LogP contribution < -0.4 is 11.1 Å². The van der Waals surface area contributed by atoms with Gasteiger partial charge in [0.15, 0.2) is 0 Å². The second-order valence-electron chi connectivity index (χ2n) is 5.41. The zero-order chi connectivity index (χ0) is 15.5. The van der Waals surface area contributed by atoms with E-state index in [9.17, 15) is 13.6 Å². The third-order valence-electron chi connectivity index (χ3n) is 3.77. The van der Waals surface area contributed by atoms with Gasteiger partial charge in [-0.3, -0.25) is 4.79 Å². The van der Waals surface area contributed by atoms with Crippen LogP contribution in [0.1, 0.15) is 36.8 Å². The van der Waals surface area contributed by atoms with Crippen molar-refractivity contribution in [2.24, 2.45) is 11.7 Å². The summed E-state index contributed by atoms with van der Waals surface area (Å²) in [4.78, 5) is 12.3. The van der Waals surface area contributed by atoms with Gasteiger partial charge in [-0.2, -0.15) is 0 Å². The summed E-state index contributed by atoms with van der Waals surface area (Å²) in [5.74, 6) is -3.09. The first-order valence-electron chi connectivity index (χ1n) is 6.92. The third kappa shape index (κ3) is 4.46. The van der Waals surface area contributed by atoms with Crippen molar-refractivity contribution < 1.29 is 13.6 Å². The van der Waals surface area contributed by atoms with Crippen LogP contribution in [0.15, 0.2) is 24.3 Å². The number of thiocarbonyl (C=S) groups is 1. The predicted molar refractivity (Wildman–Crippen MR) is 81.1 cm³/mol. The van der Waals surface area contributed by atoms with Crippen LogP contribution in [0.25, 0.3) is 0 Å². The number of rotatable bonds is 4. The minimum absolute atomic E-state index is 0.161. The van der Waals surface area contributed by atoms with E-state index in [1.54, 1.807) is 6.07 Å². The molecule has 1 aromatic carbocycles. The number of benzene rings is 1. The molecule has 6 heteroatoms. The molecule has 114 valence electrons. The fourth-order valence-electron chi connectivity index (χ4n) is 2.47. The van der Waals surface area contributed by atoms with E-state index in [1.165, 1.54) is 0 Å². The molecule has 0 bridgehead atoms. The molecule has 1 amide bonds. The summed E-state index contributed by atoms with van der Waals surface area (Å²) in [6.45, 7) is 0.349. The van der Waals surface area contributed by atoms with E-state index < -0.39 is 5.92 Å². The number of hydrogen-bond donors (Lipinski definition) is 2. The van der Waals surface area contributed by atoms with Crippen LogP contribution in [0.5, 0.6) is 0 Å². The van der Waals surface area contributed by atoms with E-state index >= 15 is 0 Å². The minimum atomic E-state index is -2.61. The molecule has 0 aliphatic heterocycles. The summed E-state index contributed by atoms with van der Waals surface area (Å²) in [7, 11) is 0. The summed E-state index contributed by atoms with van der Waals surface area (Å²) < 4.78 is 26.1. The number of carbonyl (C=O) groups excluding carboxylic acids is 1. The van der Waals surface area contributed by atoms with Gasteiger partial charge in [-0.25, -0.2) is 8.78 Å². The van der Waals surface area contributed by atoms with Crippen LogP contribution in [0.4, 0.5) is 8.78 Å². The first-order valence-corrected chi connectivity index (χ1v) is 7.32. The standard InChI is InChI=1S/C15H18F2N2OS/c16-15(17)6-4-11(5-7-15)14(20)19-9-10-2-1-3-12(8-10)13(18)21/h1-3,8,11H,4-7,9H2,(H2,18,21)(H,19,20). The number of amides is 1. The maximum atomic E-state index is 13.1. The highest BCUT2D eigenvalue weighted by molar-refractivity contribution is 7.80. The molecular formula is C15H18F2N2OS. The molecule has 0 unspecified atom stereocenters. The lowest BCUT2D eigenvalue weighted by atomic mass is 9.86. The van der Waals surface area contributed by atoms with Gasteiger partial charge in [-0.15, -0.1) is 0 Å². The molecule has 1 aliphatic rings. The number of carbonyl (C=O) groups is 1. The van der Waals surface area contributed by atoms with Crippen molar-refractivity contribution in [2.45, 2.75) is 38.2 Å². The summed E-state index contributed by atoms with van der Waals surface area (Å²) >= 11 is 4.90. The number of nitrogens with two attached hydrogens (primary N) is 1. The Hall–Kier alpha value is -1.56. The lowest BCUT2D eigenvalue weighted by Gasteiger charge is -2.27. The maximum absolute atomic E-state index is 13.1. The third-order valence-corrected chi connectivity index (χ3v) is 4.00. The predicted octanol–water partition coefficient (Wildman–Crippen LogP) is 2.76. The van der Waals surface area contributed by atoms with Gasteiger partial charge < -0.3 is 11.1 Å². The highest BCUT2D eigenvalue weighted by Gasteiger charge is 2.37. The second-order valence-corrected chi connectivity index (χ2v) is 5.85. The Balaban J connectivity index is 1.87. The van der Waals surface area contributed by atoms with Crippen molar-refractivity contribution in [3.63, 3.8) is 0 Å². The molecule has 0 saturated heterocycles. The Morgan fingerprint density at radius 3 is 2.67 bits per heavy atom. The topological polar surface area (TPSA) is 55.1 Å². The normalized spacial score (nSPS) is 18.2. The largest absolute Gasteiger partial charge is 0.389 e. The molecule has 1 aromatic rings. The van der Waals surface area contributed by atoms with E-state index in [4.69, 9.17) is 18.0 Å². The zero-order valence-corrected chi connectivity index (χ0v) is 12.4. The van der Waals surface area contributed by atoms with E-state index in [2.05, 4.69) is 5.32 Å². The number of halogens is 2. The Bertz CT molecular complexity index is 538. The second kappa shape index (κ2) is 6.47. The first-order chi connectivity index (χ1) is 9.87. The van der Waals surface area contributed by atoms with Crippen molar-refractivity contribution >= 4 is 23.1 Å². The molecule has 1 fully saturated rings. The van der Waals surface area contributed by atoms with Gasteiger partial charge in [-0.05, 0) is 24.5 Å². The summed E-state index contributed by atoms with van der Waals surface area (Å²) in [5.41, 5.74) is 7.18. The van der Waals surface area contributed by atoms with Gasteiger partial charge in [0, 0.05) is 30.9 Å². The summed E-state index contributed by atoms with van der Waals surface area (Å²) in [5, 5.41) is 2.79. The van der Waals surface area contributed by atoms with Gasteiger partial charge in [0.1, 0.15) is 4.99 Å². The van der Waals surface area contributed by atoms with Gasteiger partial charge in [0.25, 0.3) is 0 Å². The van der Waals surface area contributed by atoms with Gasteiger partial charge >= 0.3 is 0 Å². The lowest BCUT2D eigenvalue weighted by Crippen LogP contribution is -2.35. The Morgan fingerprint density at radius 2 is 2.05 bits per heavy atom. The molecule has 0 radical (unpaired) electrons. The average molecular weight is 312 g/mol. The molecule has 21 heavy (non-hydrogen) atoms. The van der Waals surface area contributed by atoms with Gasteiger partial charge in [0.2, 0.25) is 11.8 Å². The van der Waals surface area contributed by atoms with Gasteiger partial charge in [-0.1, -0.05) is 30.4 Å². The monoisotopic (exact) mass is 312 g/mol. The zero-order valence-electron chi connectivity index (χ0n) is 11.6. The molecular weight excluding hydrogens is 294 g/mol. The van der Waals surface area contributed by atoms with E-state index in [1.807, 2.05) is 18.2 Å². The molecule has 0 aromatic heterocycles. The van der Waals surface area contributed by atoms with E-state index in [-0.39, 0.29) is 37.5 Å². The van der Waals surface area contributed by atoms with Crippen molar-refractivity contribution in [3.05, 3.63) is 35.4 Å². The number of hydrogen-bond acceptors (Lipinski definition) is 2. The van der Waals surface area contributed by atoms with E-state index in [0.29, 0.717) is 11.5 Å². The van der Waals surface area contributed by atoms with Gasteiger partial charge in [0.05, 0.1) is 0 Å². The summed E-state index contributed by atoms with van der Waals surface area (Å²) in [6, 6.07) is 7.29. The van der Waals surface area contributed by atoms with Crippen molar-refractivity contribution in [3.8, 4) is 0 Å². The quantitative estimate of drug-likeness (QED) is 0.841. The summed E-state index contributed by atoms with van der Waals surface area (Å²) in [6.07, 6.45) is 0.0710. The number of alkyl halides is 2. The molecule has 1 aliphatic carbocycles. The molecule has 3 N–H and O–H groups in total. The molecule has 0 heterocycles. The van der Waals surface area contributed by atoms with Crippen molar-refractivity contribution in [2.75, 3.05) is 0 Å². The van der Waals surface area contributed by atoms with Crippen LogP contribution >= 0.6 is 12.2 Å². The van der Waals surface area contributed by atoms with Crippen LogP contribution in [0.2, 0.25) is 0 Å². The highest BCUT2D eigenvalue weighted by Crippen LogP contribution is 2.36. The molecule has 2 rings (SSSR count). The average Bonchev–Trinajstić information content (AvgIpc) is 2.45. The van der Waals surface area contributed by atoms with Crippen LogP contribution in [-0.4, -0.2) is 16.8 Å². The highest BCUT2D eigenvalue weighted by atomic mass is 32.1. The molecule has 0 spiro atoms. The van der Waals surface area contributed by atoms with Crippen LogP contribution in [-0.2, 0) is 11.3 Å². The van der Waals surface area contributed by atoms with Crippen molar-refractivity contribution in [1.82, 2.24) is 5.32 Å². The minimum Gasteiger partial charge on any atom is -0.389 e. The maximum Gasteiger partial charge on any atom is 0.248 e. The Labute approximate surface area is 127 Å². The molecule has 1 saturated carbocycles. The van der Waals surface area contributed by atoms with Crippen LogP contribution in [0, 0.1) is 5.92 Å². The SMILES string of the molecule is NC(=S)c1cccc(CNC(=O)C2CCC(F)(F)CC2)c1. The first kappa shape index (κ1) is 15.8.